The van der Waals surface area contributed by atoms with Crippen LogP contribution < -0.4 is 5.32 Å². The van der Waals surface area contributed by atoms with E-state index in [2.05, 4.69) is 10.3 Å². The third kappa shape index (κ3) is 3.30. The summed E-state index contributed by atoms with van der Waals surface area (Å²) in [6.45, 7) is 3.65. The van der Waals surface area contributed by atoms with E-state index in [9.17, 15) is 4.79 Å². The van der Waals surface area contributed by atoms with Crippen molar-refractivity contribution in [3.8, 4) is 0 Å². The summed E-state index contributed by atoms with van der Waals surface area (Å²) < 4.78 is 1.07. The number of benzene rings is 1. The van der Waals surface area contributed by atoms with Gasteiger partial charge in [-0.1, -0.05) is 22.9 Å². The number of hydrogen-bond acceptors (Lipinski definition) is 4. The molecular formula is C15H18ClN3OS. The molecule has 1 aromatic carbocycles. The Balaban J connectivity index is 1.70. The summed E-state index contributed by atoms with van der Waals surface area (Å²) in [5.41, 5.74) is 0.868. The molecule has 1 atom stereocenters. The van der Waals surface area contributed by atoms with Gasteiger partial charge in [0.1, 0.15) is 6.04 Å². The predicted molar refractivity (Wildman–Crippen MR) is 88.1 cm³/mol. The Morgan fingerprint density at radius 3 is 2.90 bits per heavy atom. The van der Waals surface area contributed by atoms with Crippen LogP contribution in [0, 0.1) is 0 Å². The van der Waals surface area contributed by atoms with E-state index >= 15 is 0 Å². The monoisotopic (exact) mass is 323 g/mol. The minimum Gasteiger partial charge on any atom is -0.350 e. The second kappa shape index (κ2) is 6.20. The molecule has 21 heavy (non-hydrogen) atoms. The number of nitrogens with zero attached hydrogens (tertiary/aromatic N) is 2. The van der Waals surface area contributed by atoms with Crippen LogP contribution in [0.1, 0.15) is 26.2 Å². The van der Waals surface area contributed by atoms with E-state index in [1.165, 1.54) is 6.42 Å². The van der Waals surface area contributed by atoms with Crippen LogP contribution in [0.2, 0.25) is 5.02 Å². The van der Waals surface area contributed by atoms with Crippen molar-refractivity contribution in [1.82, 2.24) is 9.88 Å². The van der Waals surface area contributed by atoms with Crippen LogP contribution in [-0.4, -0.2) is 34.9 Å². The largest absolute Gasteiger partial charge is 0.350 e. The third-order valence-electron chi connectivity index (χ3n) is 3.73. The summed E-state index contributed by atoms with van der Waals surface area (Å²) in [4.78, 5) is 18.8. The highest BCUT2D eigenvalue weighted by Gasteiger charge is 2.22. The van der Waals surface area contributed by atoms with E-state index < -0.39 is 0 Å². The Morgan fingerprint density at radius 1 is 1.38 bits per heavy atom. The van der Waals surface area contributed by atoms with Crippen molar-refractivity contribution >= 4 is 44.2 Å². The molecule has 1 aliphatic rings. The van der Waals surface area contributed by atoms with Crippen molar-refractivity contribution < 1.29 is 4.79 Å². The molecule has 1 N–H and O–H groups in total. The molecule has 1 fully saturated rings. The van der Waals surface area contributed by atoms with Gasteiger partial charge >= 0.3 is 0 Å². The van der Waals surface area contributed by atoms with Gasteiger partial charge in [0, 0.05) is 18.1 Å². The number of thiazole rings is 1. The second-order valence-corrected chi connectivity index (χ2v) is 6.85. The van der Waals surface area contributed by atoms with Gasteiger partial charge in [-0.15, -0.1) is 0 Å². The first-order valence-electron chi connectivity index (χ1n) is 7.25. The maximum absolute atomic E-state index is 12.4. The fraction of sp³-hybridized carbons (Fsp3) is 0.467. The van der Waals surface area contributed by atoms with Gasteiger partial charge in [0.15, 0.2) is 5.13 Å². The Kier molecular flexibility index (Phi) is 4.31. The summed E-state index contributed by atoms with van der Waals surface area (Å²) in [5.74, 6) is 0.159. The van der Waals surface area contributed by atoms with Crippen LogP contribution in [0.15, 0.2) is 18.2 Å². The Morgan fingerprint density at radius 2 is 2.14 bits per heavy atom. The van der Waals surface area contributed by atoms with Crippen molar-refractivity contribution in [3.63, 3.8) is 0 Å². The highest BCUT2D eigenvalue weighted by Crippen LogP contribution is 2.28. The lowest BCUT2D eigenvalue weighted by Gasteiger charge is -2.29. The number of fused-ring (bicyclic) bond motifs is 1. The molecule has 1 aliphatic heterocycles. The van der Waals surface area contributed by atoms with E-state index in [1.807, 2.05) is 30.0 Å². The summed E-state index contributed by atoms with van der Waals surface area (Å²) in [5, 5.41) is 4.67. The van der Waals surface area contributed by atoms with Crippen LogP contribution in [0.4, 0.5) is 5.13 Å². The van der Waals surface area contributed by atoms with E-state index in [-0.39, 0.29) is 11.9 Å². The molecule has 0 bridgehead atoms. The SMILES string of the molecule is CC(Nc1nc2cc(Cl)ccc2s1)C(=O)N1CCCCC1. The molecule has 2 aromatic rings. The van der Waals surface area contributed by atoms with Gasteiger partial charge < -0.3 is 10.2 Å². The smallest absolute Gasteiger partial charge is 0.244 e. The van der Waals surface area contributed by atoms with Gasteiger partial charge in [-0.05, 0) is 44.4 Å². The number of amides is 1. The molecule has 6 heteroatoms. The minimum atomic E-state index is -0.251. The minimum absolute atomic E-state index is 0.159. The average Bonchev–Trinajstić information content (AvgIpc) is 2.88. The number of piperidine rings is 1. The van der Waals surface area contributed by atoms with Crippen molar-refractivity contribution in [2.45, 2.75) is 32.2 Å². The maximum Gasteiger partial charge on any atom is 0.244 e. The second-order valence-electron chi connectivity index (χ2n) is 5.38. The first-order chi connectivity index (χ1) is 10.1. The third-order valence-corrected chi connectivity index (χ3v) is 4.93. The summed E-state index contributed by atoms with van der Waals surface area (Å²) in [6, 6.07) is 5.40. The van der Waals surface area contributed by atoms with E-state index in [0.717, 1.165) is 41.3 Å². The molecule has 1 saturated heterocycles. The zero-order valence-corrected chi connectivity index (χ0v) is 13.5. The highest BCUT2D eigenvalue weighted by atomic mass is 35.5. The highest BCUT2D eigenvalue weighted by molar-refractivity contribution is 7.22. The number of rotatable bonds is 3. The summed E-state index contributed by atoms with van der Waals surface area (Å²) >= 11 is 7.52. The van der Waals surface area contributed by atoms with Crippen molar-refractivity contribution in [1.29, 1.82) is 0 Å². The molecule has 0 radical (unpaired) electrons. The predicted octanol–water partition coefficient (Wildman–Crippen LogP) is 3.76. The summed E-state index contributed by atoms with van der Waals surface area (Å²) in [7, 11) is 0. The van der Waals surface area contributed by atoms with E-state index in [1.54, 1.807) is 11.3 Å². The molecule has 3 rings (SSSR count). The average molecular weight is 324 g/mol. The number of likely N-dealkylation sites (tertiary alicyclic amines) is 1. The lowest BCUT2D eigenvalue weighted by Crippen LogP contribution is -2.43. The number of carbonyl (C=O) groups is 1. The van der Waals surface area contributed by atoms with Crippen LogP contribution >= 0.6 is 22.9 Å². The van der Waals surface area contributed by atoms with Gasteiger partial charge in [0.2, 0.25) is 5.91 Å². The van der Waals surface area contributed by atoms with E-state index in [4.69, 9.17) is 11.6 Å². The van der Waals surface area contributed by atoms with Crippen molar-refractivity contribution in [3.05, 3.63) is 23.2 Å². The fourth-order valence-corrected chi connectivity index (χ4v) is 3.70. The molecule has 1 aromatic heterocycles. The Bertz CT molecular complexity index is 651. The van der Waals surface area contributed by atoms with E-state index in [0.29, 0.717) is 5.02 Å². The number of hydrogen-bond donors (Lipinski definition) is 1. The fourth-order valence-electron chi connectivity index (χ4n) is 2.60. The molecule has 1 amide bonds. The molecular weight excluding hydrogens is 306 g/mol. The van der Waals surface area contributed by atoms with Gasteiger partial charge in [-0.3, -0.25) is 4.79 Å². The van der Waals surface area contributed by atoms with Gasteiger partial charge in [-0.25, -0.2) is 4.98 Å². The molecule has 112 valence electrons. The zero-order chi connectivity index (χ0) is 14.8. The van der Waals surface area contributed by atoms with Gasteiger partial charge in [0.25, 0.3) is 0 Å². The molecule has 4 nitrogen and oxygen atoms in total. The lowest BCUT2D eigenvalue weighted by molar-refractivity contribution is -0.132. The molecule has 0 saturated carbocycles. The normalized spacial score (nSPS) is 17.0. The molecule has 1 unspecified atom stereocenters. The van der Waals surface area contributed by atoms with Gasteiger partial charge in [-0.2, -0.15) is 0 Å². The number of carbonyl (C=O) groups excluding carboxylic acids is 1. The zero-order valence-electron chi connectivity index (χ0n) is 11.9. The molecule has 2 heterocycles. The van der Waals surface area contributed by atoms with Crippen molar-refractivity contribution in [2.24, 2.45) is 0 Å². The standard InChI is InChI=1S/C15H18ClN3OS/c1-10(14(20)19-7-3-2-4-8-19)17-15-18-12-9-11(16)5-6-13(12)21-15/h5-6,9-10H,2-4,7-8H2,1H3,(H,17,18). The lowest BCUT2D eigenvalue weighted by atomic mass is 10.1. The number of halogens is 1. The maximum atomic E-state index is 12.4. The Hall–Kier alpha value is -1.33. The number of anilines is 1. The quantitative estimate of drug-likeness (QED) is 0.935. The molecule has 0 aliphatic carbocycles. The van der Waals surface area contributed by atoms with Crippen LogP contribution in [0.3, 0.4) is 0 Å². The Labute approximate surface area is 133 Å². The van der Waals surface area contributed by atoms with Crippen LogP contribution in [0.25, 0.3) is 10.2 Å². The van der Waals surface area contributed by atoms with Crippen molar-refractivity contribution in [2.75, 3.05) is 18.4 Å². The topological polar surface area (TPSA) is 45.2 Å². The number of aromatic nitrogens is 1. The summed E-state index contributed by atoms with van der Waals surface area (Å²) in [6.07, 6.45) is 3.44. The first-order valence-corrected chi connectivity index (χ1v) is 8.44. The van der Waals surface area contributed by atoms with Gasteiger partial charge in [0.05, 0.1) is 10.2 Å². The first kappa shape index (κ1) is 14.6. The number of nitrogens with one attached hydrogen (secondary N) is 1. The molecule has 0 spiro atoms. The van der Waals surface area contributed by atoms with Crippen LogP contribution in [-0.2, 0) is 4.79 Å². The van der Waals surface area contributed by atoms with Crippen LogP contribution in [0.5, 0.6) is 0 Å².